The van der Waals surface area contributed by atoms with Crippen LogP contribution >= 0.6 is 0 Å². The van der Waals surface area contributed by atoms with Crippen LogP contribution in [-0.2, 0) is 9.53 Å². The number of H-pyrrole nitrogens is 2. The van der Waals surface area contributed by atoms with Crippen LogP contribution in [0.3, 0.4) is 0 Å². The van der Waals surface area contributed by atoms with Crippen molar-refractivity contribution in [3.05, 3.63) is 72.6 Å². The third-order valence-corrected chi connectivity index (χ3v) is 8.79. The number of likely N-dealkylation sites (tertiary alicyclic amines) is 2. The number of imidazole rings is 2. The Bertz CT molecular complexity index is 1850. The molecule has 3 aromatic carbocycles. The number of aldehydes is 1. The van der Waals surface area contributed by atoms with Crippen LogP contribution in [0.5, 0.6) is 0 Å². The quantitative estimate of drug-likeness (QED) is 0.160. The molecule has 2 unspecified atom stereocenters. The number of aromatic amines is 2. The lowest BCUT2D eigenvalue weighted by atomic mass is 9.99. The lowest BCUT2D eigenvalue weighted by Crippen LogP contribution is -2.36. The second kappa shape index (κ2) is 11.2. The highest BCUT2D eigenvalue weighted by molar-refractivity contribution is 6.00. The molecule has 0 bridgehead atoms. The zero-order valence-electron chi connectivity index (χ0n) is 25.5. The second-order valence-electron chi connectivity index (χ2n) is 13.0. The maximum Gasteiger partial charge on any atom is 0.410 e. The van der Waals surface area contributed by atoms with Gasteiger partial charge in [0.05, 0.1) is 42.4 Å². The summed E-state index contributed by atoms with van der Waals surface area (Å²) in [6.45, 7) is 7.71. The number of benzene rings is 3. The molecule has 0 aliphatic carbocycles. The molecule has 9 nitrogen and oxygen atoms in total. The Kier molecular flexibility index (Phi) is 7.20. The van der Waals surface area contributed by atoms with Gasteiger partial charge in [0.15, 0.2) is 0 Å². The highest BCUT2D eigenvalue weighted by Crippen LogP contribution is 2.35. The second-order valence-corrected chi connectivity index (χ2v) is 13.0. The first-order valence-electron chi connectivity index (χ1n) is 15.5. The minimum Gasteiger partial charge on any atom is -0.444 e. The summed E-state index contributed by atoms with van der Waals surface area (Å²) in [6.07, 6.45) is 8.32. The van der Waals surface area contributed by atoms with Gasteiger partial charge in [0, 0.05) is 17.7 Å². The maximum absolute atomic E-state index is 12.8. The number of hydrogen-bond donors (Lipinski definition) is 2. The highest BCUT2D eigenvalue weighted by Gasteiger charge is 2.35. The lowest BCUT2D eigenvalue weighted by Gasteiger charge is -2.27. The number of hydrogen-bond acceptors (Lipinski definition) is 6. The van der Waals surface area contributed by atoms with E-state index >= 15 is 0 Å². The van der Waals surface area contributed by atoms with Gasteiger partial charge >= 0.3 is 6.09 Å². The SMILES string of the molecule is CC(C)(C)OC(=O)N1CCCC1c1ncc(-c2ccc3cc4cc(-c5cnc(C6CCCN6CC=O)[nH]5)ccc4cc3c2)[nH]1. The fourth-order valence-corrected chi connectivity index (χ4v) is 6.68. The van der Waals surface area contributed by atoms with E-state index in [0.29, 0.717) is 13.1 Å². The molecule has 0 radical (unpaired) electrons. The van der Waals surface area contributed by atoms with E-state index in [0.717, 1.165) is 94.2 Å². The van der Waals surface area contributed by atoms with E-state index in [-0.39, 0.29) is 18.2 Å². The molecular formula is C35H38N6O3. The minimum absolute atomic E-state index is 0.114. The van der Waals surface area contributed by atoms with E-state index in [1.807, 2.05) is 33.2 Å². The van der Waals surface area contributed by atoms with Crippen LogP contribution < -0.4 is 0 Å². The van der Waals surface area contributed by atoms with E-state index < -0.39 is 5.60 Å². The smallest absolute Gasteiger partial charge is 0.410 e. The van der Waals surface area contributed by atoms with Crippen LogP contribution in [0.4, 0.5) is 4.79 Å². The zero-order valence-corrected chi connectivity index (χ0v) is 25.5. The van der Waals surface area contributed by atoms with Gasteiger partial charge in [-0.15, -0.1) is 0 Å². The number of nitrogens with one attached hydrogen (secondary N) is 2. The third kappa shape index (κ3) is 5.48. The molecule has 2 fully saturated rings. The van der Waals surface area contributed by atoms with Crippen molar-refractivity contribution in [2.24, 2.45) is 0 Å². The number of aromatic nitrogens is 4. The van der Waals surface area contributed by atoms with Crippen LogP contribution in [0.15, 0.2) is 60.9 Å². The van der Waals surface area contributed by atoms with E-state index in [2.05, 4.69) is 73.4 Å². The fraction of sp³-hybridized carbons (Fsp3) is 0.371. The Labute approximate surface area is 256 Å². The molecule has 9 heteroatoms. The molecule has 7 rings (SSSR count). The molecule has 4 heterocycles. The minimum atomic E-state index is -0.534. The number of fused-ring (bicyclic) bond motifs is 2. The third-order valence-electron chi connectivity index (χ3n) is 8.79. The molecule has 226 valence electrons. The van der Waals surface area contributed by atoms with Gasteiger partial charge < -0.3 is 19.5 Å². The van der Waals surface area contributed by atoms with Crippen molar-refractivity contribution in [1.29, 1.82) is 0 Å². The Balaban J connectivity index is 1.12. The summed E-state index contributed by atoms with van der Waals surface area (Å²) in [5.41, 5.74) is 3.52. The first-order chi connectivity index (χ1) is 21.3. The van der Waals surface area contributed by atoms with Gasteiger partial charge in [-0.05, 0) is 98.8 Å². The first-order valence-corrected chi connectivity index (χ1v) is 15.5. The summed E-state index contributed by atoms with van der Waals surface area (Å²) in [5, 5.41) is 4.63. The Morgan fingerprint density at radius 1 is 0.841 bits per heavy atom. The fourth-order valence-electron chi connectivity index (χ4n) is 6.68. The number of nitrogens with zero attached hydrogens (tertiary/aromatic N) is 4. The molecule has 2 aromatic heterocycles. The highest BCUT2D eigenvalue weighted by atomic mass is 16.6. The van der Waals surface area contributed by atoms with Crippen LogP contribution in [0, 0.1) is 0 Å². The number of carbonyl (C=O) groups excluding carboxylic acids is 2. The predicted octanol–water partition coefficient (Wildman–Crippen LogP) is 7.18. The van der Waals surface area contributed by atoms with Crippen molar-refractivity contribution in [1.82, 2.24) is 29.7 Å². The average Bonchev–Trinajstić information content (AvgIpc) is 3.81. The van der Waals surface area contributed by atoms with Crippen molar-refractivity contribution in [3.63, 3.8) is 0 Å². The first kappa shape index (κ1) is 28.3. The van der Waals surface area contributed by atoms with Crippen LogP contribution in [0.1, 0.15) is 70.2 Å². The standard InChI is InChI=1S/C35H38N6O3/c1-35(2,3)44-34(43)41-13-5-7-31(41)33-37-21-29(39-33)25-11-9-23-16-26-18-24(10-8-22(26)17-27(23)19-25)28-20-36-32(38-28)30-6-4-12-40(30)14-15-42/h8-11,15-21,30-31H,4-7,12-14H2,1-3H3,(H,36,38)(H,37,39). The molecule has 0 saturated carbocycles. The number of rotatable bonds is 6. The molecule has 2 aliphatic rings. The van der Waals surface area contributed by atoms with E-state index in [1.165, 1.54) is 0 Å². The normalized spacial score (nSPS) is 19.3. The summed E-state index contributed by atoms with van der Waals surface area (Å²) in [7, 11) is 0. The van der Waals surface area contributed by atoms with Crippen molar-refractivity contribution in [3.8, 4) is 22.5 Å². The number of carbonyl (C=O) groups is 2. The van der Waals surface area contributed by atoms with E-state index in [4.69, 9.17) is 4.74 Å². The van der Waals surface area contributed by atoms with Gasteiger partial charge in [-0.3, -0.25) is 9.80 Å². The topological polar surface area (TPSA) is 107 Å². The zero-order chi connectivity index (χ0) is 30.4. The lowest BCUT2D eigenvalue weighted by molar-refractivity contribution is -0.109. The Morgan fingerprint density at radius 3 is 2.00 bits per heavy atom. The molecule has 2 saturated heterocycles. The Hall–Kier alpha value is -4.50. The molecule has 2 atom stereocenters. The summed E-state index contributed by atoms with van der Waals surface area (Å²) in [4.78, 5) is 44.3. The van der Waals surface area contributed by atoms with E-state index in [9.17, 15) is 9.59 Å². The molecule has 2 N–H and O–H groups in total. The Morgan fingerprint density at radius 2 is 1.41 bits per heavy atom. The van der Waals surface area contributed by atoms with Gasteiger partial charge in [0.25, 0.3) is 0 Å². The van der Waals surface area contributed by atoms with Crippen LogP contribution in [-0.4, -0.2) is 67.4 Å². The predicted molar refractivity (Wildman–Crippen MR) is 171 cm³/mol. The van der Waals surface area contributed by atoms with Crippen molar-refractivity contribution >= 4 is 33.9 Å². The monoisotopic (exact) mass is 590 g/mol. The van der Waals surface area contributed by atoms with Crippen molar-refractivity contribution in [2.45, 2.75) is 64.1 Å². The van der Waals surface area contributed by atoms with Crippen LogP contribution in [0.2, 0.25) is 0 Å². The number of amides is 1. The average molecular weight is 591 g/mol. The summed E-state index contributed by atoms with van der Waals surface area (Å²) < 4.78 is 5.64. The molecule has 5 aromatic rings. The summed E-state index contributed by atoms with van der Waals surface area (Å²) in [5.74, 6) is 1.72. The van der Waals surface area contributed by atoms with Gasteiger partial charge in [0.2, 0.25) is 0 Å². The molecule has 1 amide bonds. The van der Waals surface area contributed by atoms with Gasteiger partial charge in [-0.2, -0.15) is 0 Å². The molecular weight excluding hydrogens is 552 g/mol. The largest absolute Gasteiger partial charge is 0.444 e. The van der Waals surface area contributed by atoms with Crippen molar-refractivity contribution in [2.75, 3.05) is 19.6 Å². The summed E-state index contributed by atoms with van der Waals surface area (Å²) >= 11 is 0. The molecule has 2 aliphatic heterocycles. The molecule has 0 spiro atoms. The van der Waals surface area contributed by atoms with Gasteiger partial charge in [-0.1, -0.05) is 24.3 Å². The number of ether oxygens (including phenoxy) is 1. The van der Waals surface area contributed by atoms with Crippen molar-refractivity contribution < 1.29 is 14.3 Å². The van der Waals surface area contributed by atoms with Gasteiger partial charge in [-0.25, -0.2) is 14.8 Å². The van der Waals surface area contributed by atoms with E-state index in [1.54, 1.807) is 4.90 Å². The van der Waals surface area contributed by atoms with Gasteiger partial charge in [0.1, 0.15) is 23.5 Å². The maximum atomic E-state index is 12.8. The molecule has 44 heavy (non-hydrogen) atoms. The summed E-state index contributed by atoms with van der Waals surface area (Å²) in [6, 6.07) is 17.5. The van der Waals surface area contributed by atoms with Crippen LogP contribution in [0.25, 0.3) is 44.1 Å².